The summed E-state index contributed by atoms with van der Waals surface area (Å²) in [6.07, 6.45) is 2.48. The molecule has 1 aromatic rings. The molecule has 1 saturated heterocycles. The minimum Gasteiger partial charge on any atom is -0.312 e. The molecule has 0 bridgehead atoms. The highest BCUT2D eigenvalue weighted by atomic mass is 15.2. The van der Waals surface area contributed by atoms with E-state index in [0.717, 1.165) is 6.54 Å². The van der Waals surface area contributed by atoms with Gasteiger partial charge in [-0.2, -0.15) is 0 Å². The van der Waals surface area contributed by atoms with Gasteiger partial charge in [-0.15, -0.1) is 0 Å². The number of hydrogen-bond acceptors (Lipinski definition) is 2. The molecule has 1 aliphatic heterocycles. The summed E-state index contributed by atoms with van der Waals surface area (Å²) in [5.41, 5.74) is 1.46. The van der Waals surface area contributed by atoms with Crippen LogP contribution in [0, 0.1) is 0 Å². The second kappa shape index (κ2) is 6.02. The minimum atomic E-state index is 0.658. The van der Waals surface area contributed by atoms with Crippen LogP contribution in [-0.4, -0.2) is 37.1 Å². The van der Waals surface area contributed by atoms with Crippen LogP contribution in [0.2, 0.25) is 0 Å². The third-order valence-corrected chi connectivity index (χ3v) is 3.24. The smallest absolute Gasteiger partial charge is 0.0167 e. The molecule has 0 radical (unpaired) electrons. The Balaban J connectivity index is 1.68. The lowest BCUT2D eigenvalue weighted by molar-refractivity contribution is 0.205. The van der Waals surface area contributed by atoms with Crippen molar-refractivity contribution in [2.24, 2.45) is 0 Å². The molecule has 0 unspecified atom stereocenters. The predicted octanol–water partition coefficient (Wildman–Crippen LogP) is 1.91. The van der Waals surface area contributed by atoms with E-state index >= 15 is 0 Å². The Morgan fingerprint density at radius 3 is 2.88 bits per heavy atom. The first-order chi connectivity index (χ1) is 7.84. The number of nitrogens with zero attached hydrogens (tertiary/aromatic N) is 1. The Morgan fingerprint density at radius 1 is 1.31 bits per heavy atom. The lowest BCUT2D eigenvalue weighted by Gasteiger charge is -2.31. The van der Waals surface area contributed by atoms with Crippen molar-refractivity contribution in [3.8, 4) is 0 Å². The Bertz CT molecular complexity index is 297. The van der Waals surface area contributed by atoms with E-state index in [1.165, 1.54) is 38.0 Å². The zero-order valence-corrected chi connectivity index (χ0v) is 10.2. The van der Waals surface area contributed by atoms with Crippen LogP contribution in [0.15, 0.2) is 30.3 Å². The molecule has 2 rings (SSSR count). The molecule has 1 aromatic carbocycles. The van der Waals surface area contributed by atoms with E-state index in [9.17, 15) is 0 Å². The first-order valence-corrected chi connectivity index (χ1v) is 6.34. The standard InChI is InChI=1S/C14H22N2/c1-13-12-16(11-9-15-13)10-5-8-14-6-3-2-4-7-14/h2-4,6-7,13,15H,5,8-12H2,1H3/t13-/m1/s1. The SMILES string of the molecule is C[C@@H]1CN(CCCc2ccccc2)CCN1. The van der Waals surface area contributed by atoms with Gasteiger partial charge in [-0.3, -0.25) is 0 Å². The second-order valence-electron chi connectivity index (χ2n) is 4.74. The summed E-state index contributed by atoms with van der Waals surface area (Å²) in [7, 11) is 0. The van der Waals surface area contributed by atoms with Gasteiger partial charge in [0, 0.05) is 25.7 Å². The molecule has 1 N–H and O–H groups in total. The van der Waals surface area contributed by atoms with Crippen molar-refractivity contribution >= 4 is 0 Å². The van der Waals surface area contributed by atoms with Crippen LogP contribution in [0.25, 0.3) is 0 Å². The molecule has 1 atom stereocenters. The van der Waals surface area contributed by atoms with Crippen LogP contribution in [0.3, 0.4) is 0 Å². The zero-order valence-electron chi connectivity index (χ0n) is 10.2. The quantitative estimate of drug-likeness (QED) is 0.830. The Kier molecular flexibility index (Phi) is 4.37. The summed E-state index contributed by atoms with van der Waals surface area (Å²) in [5.74, 6) is 0. The van der Waals surface area contributed by atoms with E-state index < -0.39 is 0 Å². The van der Waals surface area contributed by atoms with Crippen LogP contribution in [0.5, 0.6) is 0 Å². The summed E-state index contributed by atoms with van der Waals surface area (Å²) in [5, 5.41) is 3.48. The van der Waals surface area contributed by atoms with Crippen molar-refractivity contribution in [3.63, 3.8) is 0 Å². The normalized spacial score (nSPS) is 22.2. The van der Waals surface area contributed by atoms with Crippen molar-refractivity contribution in [2.45, 2.75) is 25.8 Å². The highest BCUT2D eigenvalue weighted by Gasteiger charge is 2.14. The first-order valence-electron chi connectivity index (χ1n) is 6.34. The Labute approximate surface area is 98.7 Å². The Morgan fingerprint density at radius 2 is 2.12 bits per heavy atom. The molecule has 0 aromatic heterocycles. The summed E-state index contributed by atoms with van der Waals surface area (Å²) in [6.45, 7) is 7.06. The van der Waals surface area contributed by atoms with Crippen LogP contribution in [-0.2, 0) is 6.42 Å². The lowest BCUT2D eigenvalue weighted by atomic mass is 10.1. The molecule has 1 fully saturated rings. The minimum absolute atomic E-state index is 0.658. The summed E-state index contributed by atoms with van der Waals surface area (Å²) < 4.78 is 0. The number of piperazine rings is 1. The fourth-order valence-electron chi connectivity index (χ4n) is 2.37. The van der Waals surface area contributed by atoms with Crippen LogP contribution >= 0.6 is 0 Å². The van der Waals surface area contributed by atoms with Gasteiger partial charge in [0.1, 0.15) is 0 Å². The van der Waals surface area contributed by atoms with Gasteiger partial charge in [0.05, 0.1) is 0 Å². The first kappa shape index (κ1) is 11.6. The summed E-state index contributed by atoms with van der Waals surface area (Å²) in [4.78, 5) is 2.57. The van der Waals surface area contributed by atoms with Crippen molar-refractivity contribution in [3.05, 3.63) is 35.9 Å². The molecule has 88 valence electrons. The maximum Gasteiger partial charge on any atom is 0.0167 e. The maximum atomic E-state index is 3.48. The summed E-state index contributed by atoms with van der Waals surface area (Å²) >= 11 is 0. The lowest BCUT2D eigenvalue weighted by Crippen LogP contribution is -2.49. The number of aryl methyl sites for hydroxylation is 1. The molecule has 0 spiro atoms. The number of hydrogen-bond donors (Lipinski definition) is 1. The molecular weight excluding hydrogens is 196 g/mol. The average molecular weight is 218 g/mol. The van der Waals surface area contributed by atoms with Gasteiger partial charge in [-0.1, -0.05) is 30.3 Å². The molecule has 1 aliphatic rings. The van der Waals surface area contributed by atoms with Crippen LogP contribution < -0.4 is 5.32 Å². The van der Waals surface area contributed by atoms with Gasteiger partial charge in [-0.05, 0) is 31.9 Å². The molecular formula is C14H22N2. The van der Waals surface area contributed by atoms with E-state index in [1.807, 2.05) is 0 Å². The van der Waals surface area contributed by atoms with Crippen molar-refractivity contribution in [2.75, 3.05) is 26.2 Å². The van der Waals surface area contributed by atoms with E-state index in [-0.39, 0.29) is 0 Å². The molecule has 0 amide bonds. The van der Waals surface area contributed by atoms with Gasteiger partial charge in [0.2, 0.25) is 0 Å². The molecule has 1 heterocycles. The van der Waals surface area contributed by atoms with Crippen molar-refractivity contribution in [1.29, 1.82) is 0 Å². The van der Waals surface area contributed by atoms with E-state index in [4.69, 9.17) is 0 Å². The van der Waals surface area contributed by atoms with Gasteiger partial charge in [0.15, 0.2) is 0 Å². The predicted molar refractivity (Wildman–Crippen MR) is 68.7 cm³/mol. The van der Waals surface area contributed by atoms with Crippen LogP contribution in [0.4, 0.5) is 0 Å². The molecule has 16 heavy (non-hydrogen) atoms. The number of nitrogens with one attached hydrogen (secondary N) is 1. The third kappa shape index (κ3) is 3.62. The monoisotopic (exact) mass is 218 g/mol. The summed E-state index contributed by atoms with van der Waals surface area (Å²) in [6, 6.07) is 11.4. The van der Waals surface area contributed by atoms with Gasteiger partial charge in [0.25, 0.3) is 0 Å². The topological polar surface area (TPSA) is 15.3 Å². The Hall–Kier alpha value is -0.860. The molecule has 0 aliphatic carbocycles. The fraction of sp³-hybridized carbons (Fsp3) is 0.571. The van der Waals surface area contributed by atoms with Crippen molar-refractivity contribution in [1.82, 2.24) is 10.2 Å². The van der Waals surface area contributed by atoms with Crippen LogP contribution in [0.1, 0.15) is 18.9 Å². The molecule has 0 saturated carbocycles. The maximum absolute atomic E-state index is 3.48. The second-order valence-corrected chi connectivity index (χ2v) is 4.74. The number of rotatable bonds is 4. The van der Waals surface area contributed by atoms with Gasteiger partial charge in [-0.25, -0.2) is 0 Å². The zero-order chi connectivity index (χ0) is 11.2. The average Bonchev–Trinajstić information content (AvgIpc) is 2.30. The number of benzene rings is 1. The fourth-order valence-corrected chi connectivity index (χ4v) is 2.37. The largest absolute Gasteiger partial charge is 0.312 e. The van der Waals surface area contributed by atoms with E-state index in [0.29, 0.717) is 6.04 Å². The highest BCUT2D eigenvalue weighted by Crippen LogP contribution is 2.05. The van der Waals surface area contributed by atoms with Crippen molar-refractivity contribution < 1.29 is 0 Å². The molecule has 2 nitrogen and oxygen atoms in total. The van der Waals surface area contributed by atoms with Gasteiger partial charge >= 0.3 is 0 Å². The van der Waals surface area contributed by atoms with Gasteiger partial charge < -0.3 is 10.2 Å². The molecule has 2 heteroatoms. The third-order valence-electron chi connectivity index (χ3n) is 3.24. The van der Waals surface area contributed by atoms with E-state index in [1.54, 1.807) is 0 Å². The highest BCUT2D eigenvalue weighted by molar-refractivity contribution is 5.14. The van der Waals surface area contributed by atoms with E-state index in [2.05, 4.69) is 47.5 Å².